The smallest absolute Gasteiger partial charge is 0.0200 e. The van der Waals surface area contributed by atoms with Gasteiger partial charge in [0.15, 0.2) is 0 Å². The molecule has 14 heavy (non-hydrogen) atoms. The van der Waals surface area contributed by atoms with E-state index in [-0.39, 0.29) is 0 Å². The Balaban J connectivity index is 2.25. The Bertz CT molecular complexity index is 175. The minimum absolute atomic E-state index is 0.503. The molecule has 0 radical (unpaired) electrons. The maximum atomic E-state index is 3.61. The average molecular weight is 198 g/mol. The Kier molecular flexibility index (Phi) is 3.96. The van der Waals surface area contributed by atoms with E-state index >= 15 is 0 Å². The molecular weight excluding hydrogens is 172 g/mol. The molecule has 0 saturated carbocycles. The molecule has 1 aliphatic rings. The van der Waals surface area contributed by atoms with Gasteiger partial charge in [-0.25, -0.2) is 0 Å². The van der Waals surface area contributed by atoms with Crippen molar-refractivity contribution in [1.82, 2.24) is 10.2 Å². The summed E-state index contributed by atoms with van der Waals surface area (Å²) in [7, 11) is 2.23. The predicted octanol–water partition coefficient (Wildman–Crippen LogP) is 1.96. The second kappa shape index (κ2) is 4.63. The van der Waals surface area contributed by atoms with Crippen LogP contribution < -0.4 is 5.32 Å². The molecule has 2 nitrogen and oxygen atoms in total. The summed E-state index contributed by atoms with van der Waals surface area (Å²) in [5.41, 5.74) is 0.503. The highest BCUT2D eigenvalue weighted by atomic mass is 15.1. The van der Waals surface area contributed by atoms with Gasteiger partial charge in [-0.3, -0.25) is 0 Å². The molecule has 1 rings (SSSR count). The van der Waals surface area contributed by atoms with Crippen molar-refractivity contribution in [3.8, 4) is 0 Å². The van der Waals surface area contributed by atoms with Crippen molar-refractivity contribution in [3.63, 3.8) is 0 Å². The van der Waals surface area contributed by atoms with Crippen LogP contribution in [0.4, 0.5) is 0 Å². The molecule has 1 heterocycles. The van der Waals surface area contributed by atoms with E-state index in [0.29, 0.717) is 11.5 Å². The quantitative estimate of drug-likeness (QED) is 0.743. The van der Waals surface area contributed by atoms with Crippen molar-refractivity contribution in [2.75, 3.05) is 26.7 Å². The van der Waals surface area contributed by atoms with Crippen LogP contribution in [0, 0.1) is 11.3 Å². The highest BCUT2D eigenvalue weighted by molar-refractivity contribution is 4.88. The zero-order chi connectivity index (χ0) is 10.8. The highest BCUT2D eigenvalue weighted by Crippen LogP contribution is 2.27. The van der Waals surface area contributed by atoms with Crippen LogP contribution in [0.1, 0.15) is 34.1 Å². The molecule has 1 unspecified atom stereocenters. The first kappa shape index (κ1) is 12.0. The molecule has 0 amide bonds. The van der Waals surface area contributed by atoms with E-state index in [0.717, 1.165) is 5.92 Å². The fourth-order valence-electron chi connectivity index (χ4n) is 2.44. The Morgan fingerprint density at radius 2 is 2.07 bits per heavy atom. The molecule has 0 aliphatic carbocycles. The van der Waals surface area contributed by atoms with Crippen molar-refractivity contribution in [2.24, 2.45) is 11.3 Å². The number of rotatable bonds is 4. The van der Waals surface area contributed by atoms with Crippen molar-refractivity contribution < 1.29 is 0 Å². The number of nitrogens with zero attached hydrogens (tertiary/aromatic N) is 1. The minimum atomic E-state index is 0.503. The summed E-state index contributed by atoms with van der Waals surface area (Å²) in [5.74, 6) is 0.773. The number of likely N-dealkylation sites (N-methyl/N-ethyl adjacent to an activating group) is 1. The Hall–Kier alpha value is -0.0800. The fourth-order valence-corrected chi connectivity index (χ4v) is 2.44. The van der Waals surface area contributed by atoms with E-state index < -0.39 is 0 Å². The number of hydrogen-bond acceptors (Lipinski definition) is 2. The first-order chi connectivity index (χ1) is 6.39. The average Bonchev–Trinajstić information content (AvgIpc) is 2.27. The first-order valence-corrected chi connectivity index (χ1v) is 5.81. The standard InChI is InChI=1S/C12H26N2/c1-10(2)7-14(5)8-11-6-12(3,4)9-13-11/h10-11,13H,6-9H2,1-5H3. The normalized spacial score (nSPS) is 26.4. The monoisotopic (exact) mass is 198 g/mol. The third-order valence-corrected chi connectivity index (χ3v) is 2.88. The molecular formula is C12H26N2. The molecule has 0 aromatic rings. The Labute approximate surface area is 89.1 Å². The second-order valence-electron chi connectivity index (χ2n) is 6.06. The topological polar surface area (TPSA) is 15.3 Å². The summed E-state index contributed by atoms with van der Waals surface area (Å²) in [5, 5.41) is 3.61. The van der Waals surface area contributed by atoms with Crippen LogP contribution >= 0.6 is 0 Å². The molecule has 1 saturated heterocycles. The lowest BCUT2D eigenvalue weighted by Gasteiger charge is -2.23. The van der Waals surface area contributed by atoms with E-state index in [9.17, 15) is 0 Å². The van der Waals surface area contributed by atoms with Gasteiger partial charge in [0.05, 0.1) is 0 Å². The molecule has 1 atom stereocenters. The largest absolute Gasteiger partial charge is 0.312 e. The number of nitrogens with one attached hydrogen (secondary N) is 1. The van der Waals surface area contributed by atoms with Crippen LogP contribution in [0.3, 0.4) is 0 Å². The van der Waals surface area contributed by atoms with Gasteiger partial charge in [0, 0.05) is 25.7 Å². The van der Waals surface area contributed by atoms with Crippen molar-refractivity contribution in [2.45, 2.75) is 40.2 Å². The molecule has 84 valence electrons. The van der Waals surface area contributed by atoms with Crippen molar-refractivity contribution >= 4 is 0 Å². The van der Waals surface area contributed by atoms with Gasteiger partial charge in [-0.2, -0.15) is 0 Å². The lowest BCUT2D eigenvalue weighted by Crippen LogP contribution is -2.36. The van der Waals surface area contributed by atoms with E-state index in [4.69, 9.17) is 0 Å². The zero-order valence-electron chi connectivity index (χ0n) is 10.4. The summed E-state index contributed by atoms with van der Waals surface area (Å²) in [6.45, 7) is 12.8. The van der Waals surface area contributed by atoms with Gasteiger partial charge < -0.3 is 10.2 Å². The van der Waals surface area contributed by atoms with Gasteiger partial charge >= 0.3 is 0 Å². The third kappa shape index (κ3) is 3.97. The molecule has 0 bridgehead atoms. The predicted molar refractivity (Wildman–Crippen MR) is 62.5 cm³/mol. The summed E-state index contributed by atoms with van der Waals surface area (Å²) < 4.78 is 0. The van der Waals surface area contributed by atoms with Gasteiger partial charge in [-0.15, -0.1) is 0 Å². The highest BCUT2D eigenvalue weighted by Gasteiger charge is 2.30. The van der Waals surface area contributed by atoms with Crippen LogP contribution in [-0.2, 0) is 0 Å². The van der Waals surface area contributed by atoms with Gasteiger partial charge in [0.1, 0.15) is 0 Å². The second-order valence-corrected chi connectivity index (χ2v) is 6.06. The fraction of sp³-hybridized carbons (Fsp3) is 1.00. The summed E-state index contributed by atoms with van der Waals surface area (Å²) >= 11 is 0. The molecule has 0 spiro atoms. The summed E-state index contributed by atoms with van der Waals surface area (Å²) in [6, 6.07) is 0.703. The minimum Gasteiger partial charge on any atom is -0.312 e. The Morgan fingerprint density at radius 3 is 2.50 bits per heavy atom. The molecule has 0 aromatic carbocycles. The maximum Gasteiger partial charge on any atom is 0.0200 e. The van der Waals surface area contributed by atoms with Crippen molar-refractivity contribution in [1.29, 1.82) is 0 Å². The Morgan fingerprint density at radius 1 is 1.43 bits per heavy atom. The molecule has 1 aliphatic heterocycles. The maximum absolute atomic E-state index is 3.61. The van der Waals surface area contributed by atoms with Gasteiger partial charge in [0.2, 0.25) is 0 Å². The molecule has 1 fully saturated rings. The molecule has 2 heteroatoms. The zero-order valence-corrected chi connectivity index (χ0v) is 10.4. The van der Waals surface area contributed by atoms with E-state index in [1.54, 1.807) is 0 Å². The van der Waals surface area contributed by atoms with Crippen molar-refractivity contribution in [3.05, 3.63) is 0 Å². The SMILES string of the molecule is CC(C)CN(C)CC1CC(C)(C)CN1. The summed E-state index contributed by atoms with van der Waals surface area (Å²) in [6.07, 6.45) is 1.31. The van der Waals surface area contributed by atoms with Crippen LogP contribution in [0.15, 0.2) is 0 Å². The van der Waals surface area contributed by atoms with E-state index in [1.807, 2.05) is 0 Å². The molecule has 0 aromatic heterocycles. The number of hydrogen-bond donors (Lipinski definition) is 1. The lowest BCUT2D eigenvalue weighted by atomic mass is 9.90. The third-order valence-electron chi connectivity index (χ3n) is 2.88. The lowest BCUT2D eigenvalue weighted by molar-refractivity contribution is 0.264. The molecule has 1 N–H and O–H groups in total. The summed E-state index contributed by atoms with van der Waals surface area (Å²) in [4.78, 5) is 2.45. The first-order valence-electron chi connectivity index (χ1n) is 5.81. The van der Waals surface area contributed by atoms with Gasteiger partial charge in [-0.05, 0) is 24.8 Å². The van der Waals surface area contributed by atoms with E-state index in [1.165, 1.54) is 26.1 Å². The van der Waals surface area contributed by atoms with Crippen LogP contribution in [0.2, 0.25) is 0 Å². The van der Waals surface area contributed by atoms with E-state index in [2.05, 4.69) is 45.0 Å². The van der Waals surface area contributed by atoms with Gasteiger partial charge in [0.25, 0.3) is 0 Å². The van der Waals surface area contributed by atoms with Crippen LogP contribution in [-0.4, -0.2) is 37.6 Å². The van der Waals surface area contributed by atoms with Crippen LogP contribution in [0.25, 0.3) is 0 Å². The van der Waals surface area contributed by atoms with Crippen LogP contribution in [0.5, 0.6) is 0 Å². The van der Waals surface area contributed by atoms with Gasteiger partial charge in [-0.1, -0.05) is 27.7 Å².